The average molecular weight is 297 g/mol. The van der Waals surface area contributed by atoms with Crippen LogP contribution >= 0.6 is 15.9 Å². The van der Waals surface area contributed by atoms with Crippen molar-refractivity contribution >= 4 is 21.7 Å². The minimum absolute atomic E-state index is 0.675. The summed E-state index contributed by atoms with van der Waals surface area (Å²) in [7, 11) is 3.66. The Morgan fingerprint density at radius 2 is 1.82 bits per heavy atom. The third-order valence-corrected chi connectivity index (χ3v) is 3.30. The van der Waals surface area contributed by atoms with Crippen LogP contribution in [0.4, 0.5) is 5.82 Å². The summed E-state index contributed by atoms with van der Waals surface area (Å²) in [5.74, 6) is 0.789. The van der Waals surface area contributed by atoms with E-state index in [9.17, 15) is 0 Å². The van der Waals surface area contributed by atoms with Gasteiger partial charge in [0.05, 0.1) is 0 Å². The molecule has 0 atom stereocenters. The van der Waals surface area contributed by atoms with Gasteiger partial charge in [-0.25, -0.2) is 4.68 Å². The van der Waals surface area contributed by atoms with Crippen molar-refractivity contribution in [3.63, 3.8) is 0 Å². The quantitative estimate of drug-likeness (QED) is 0.913. The maximum absolute atomic E-state index is 4.23. The number of hydrogen-bond acceptors (Lipinski definition) is 5. The predicted molar refractivity (Wildman–Crippen MR) is 68.7 cm³/mol. The van der Waals surface area contributed by atoms with Crippen LogP contribution in [0.2, 0.25) is 0 Å². The summed E-state index contributed by atoms with van der Waals surface area (Å²) in [6, 6.07) is 0. The molecule has 2 aromatic heterocycles. The third kappa shape index (κ3) is 1.90. The maximum Gasteiger partial charge on any atom is 0.158 e. The molecule has 0 aromatic carbocycles. The molecule has 2 heterocycles. The lowest BCUT2D eigenvalue weighted by Gasteiger charge is -2.10. The van der Waals surface area contributed by atoms with E-state index < -0.39 is 0 Å². The van der Waals surface area contributed by atoms with E-state index in [2.05, 4.69) is 41.8 Å². The van der Waals surface area contributed by atoms with Crippen LogP contribution in [0, 0.1) is 13.8 Å². The first-order valence-corrected chi connectivity index (χ1v) is 5.92. The predicted octanol–water partition coefficient (Wildman–Crippen LogP) is 1.69. The van der Waals surface area contributed by atoms with Crippen molar-refractivity contribution in [3.8, 4) is 11.4 Å². The van der Waals surface area contributed by atoms with Gasteiger partial charge in [-0.2, -0.15) is 0 Å². The number of nitrogens with one attached hydrogen (secondary N) is 1. The molecule has 0 saturated heterocycles. The zero-order valence-electron chi connectivity index (χ0n) is 10.1. The normalized spacial score (nSPS) is 10.6. The van der Waals surface area contributed by atoms with Gasteiger partial charge in [-0.3, -0.25) is 0 Å². The Bertz CT molecular complexity index is 543. The van der Waals surface area contributed by atoms with Crippen molar-refractivity contribution in [3.05, 3.63) is 15.7 Å². The highest BCUT2D eigenvalue weighted by atomic mass is 79.9. The number of rotatable bonds is 2. The van der Waals surface area contributed by atoms with Crippen molar-refractivity contribution in [2.24, 2.45) is 7.05 Å². The maximum atomic E-state index is 4.23. The lowest BCUT2D eigenvalue weighted by Crippen LogP contribution is -2.05. The van der Waals surface area contributed by atoms with Crippen molar-refractivity contribution in [2.75, 3.05) is 12.4 Å². The van der Waals surface area contributed by atoms with Gasteiger partial charge in [0.1, 0.15) is 11.4 Å². The minimum atomic E-state index is 0.675. The Hall–Kier alpha value is -1.50. The third-order valence-electron chi connectivity index (χ3n) is 2.77. The van der Waals surface area contributed by atoms with Crippen LogP contribution in [0.3, 0.4) is 0 Å². The molecule has 7 heteroatoms. The van der Waals surface area contributed by atoms with Gasteiger partial charge in [0.15, 0.2) is 10.4 Å². The van der Waals surface area contributed by atoms with Crippen LogP contribution in [0.1, 0.15) is 11.1 Å². The van der Waals surface area contributed by atoms with E-state index >= 15 is 0 Å². The molecule has 0 aliphatic heterocycles. The standard InChI is InChI=1S/C10H13BrN6/c1-5-6(2)10(12-3)15-13-7(5)8-9(11)14-16-17(8)4/h1-4H3,(H,12,15). The molecule has 0 unspecified atom stereocenters. The smallest absolute Gasteiger partial charge is 0.158 e. The van der Waals surface area contributed by atoms with Crippen molar-refractivity contribution < 1.29 is 0 Å². The zero-order chi connectivity index (χ0) is 12.6. The van der Waals surface area contributed by atoms with Crippen molar-refractivity contribution in [1.82, 2.24) is 25.2 Å². The monoisotopic (exact) mass is 296 g/mol. The van der Waals surface area contributed by atoms with E-state index in [1.54, 1.807) is 4.68 Å². The van der Waals surface area contributed by atoms with Gasteiger partial charge in [0.25, 0.3) is 0 Å². The molecule has 1 N–H and O–H groups in total. The molecule has 90 valence electrons. The fraction of sp³-hybridized carbons (Fsp3) is 0.400. The molecule has 0 saturated carbocycles. The SMILES string of the molecule is CNc1nnc(-c2c(Br)nnn2C)c(C)c1C. The first kappa shape index (κ1) is 12.0. The highest BCUT2D eigenvalue weighted by Crippen LogP contribution is 2.29. The van der Waals surface area contributed by atoms with Gasteiger partial charge in [0, 0.05) is 14.1 Å². The molecule has 0 radical (unpaired) electrons. The Kier molecular flexibility index (Phi) is 3.10. The van der Waals surface area contributed by atoms with Gasteiger partial charge < -0.3 is 5.32 Å². The fourth-order valence-corrected chi connectivity index (χ4v) is 2.17. The summed E-state index contributed by atoms with van der Waals surface area (Å²) in [6.07, 6.45) is 0. The molecular weight excluding hydrogens is 284 g/mol. The number of aromatic nitrogens is 5. The Labute approximate surface area is 108 Å². The van der Waals surface area contributed by atoms with E-state index in [0.717, 1.165) is 28.3 Å². The van der Waals surface area contributed by atoms with Gasteiger partial charge in [0.2, 0.25) is 0 Å². The molecule has 17 heavy (non-hydrogen) atoms. The Morgan fingerprint density at radius 1 is 1.12 bits per heavy atom. The summed E-state index contributed by atoms with van der Waals surface area (Å²) in [5.41, 5.74) is 3.77. The fourth-order valence-electron chi connectivity index (χ4n) is 1.65. The Morgan fingerprint density at radius 3 is 2.35 bits per heavy atom. The zero-order valence-corrected chi connectivity index (χ0v) is 11.7. The molecular formula is C10H13BrN6. The number of halogens is 1. The van der Waals surface area contributed by atoms with Crippen LogP contribution in [0.5, 0.6) is 0 Å². The molecule has 6 nitrogen and oxygen atoms in total. The van der Waals surface area contributed by atoms with E-state index in [1.807, 2.05) is 27.9 Å². The average Bonchev–Trinajstić information content (AvgIpc) is 2.63. The highest BCUT2D eigenvalue weighted by molar-refractivity contribution is 9.10. The van der Waals surface area contributed by atoms with Crippen LogP contribution in [0.25, 0.3) is 11.4 Å². The summed E-state index contributed by atoms with van der Waals surface area (Å²) in [4.78, 5) is 0. The molecule has 0 fully saturated rings. The van der Waals surface area contributed by atoms with E-state index in [-0.39, 0.29) is 0 Å². The van der Waals surface area contributed by atoms with Crippen LogP contribution < -0.4 is 5.32 Å². The first-order chi connectivity index (χ1) is 8.06. The molecule has 0 aliphatic rings. The minimum Gasteiger partial charge on any atom is -0.371 e. The van der Waals surface area contributed by atoms with Crippen LogP contribution in [-0.4, -0.2) is 32.2 Å². The number of anilines is 1. The van der Waals surface area contributed by atoms with Crippen molar-refractivity contribution in [1.29, 1.82) is 0 Å². The lowest BCUT2D eigenvalue weighted by atomic mass is 10.1. The van der Waals surface area contributed by atoms with Crippen LogP contribution in [-0.2, 0) is 7.05 Å². The molecule has 2 rings (SSSR count). The van der Waals surface area contributed by atoms with E-state index in [1.165, 1.54) is 0 Å². The second-order valence-corrected chi connectivity index (χ2v) is 4.50. The summed E-state index contributed by atoms with van der Waals surface area (Å²) in [6.45, 7) is 4.02. The van der Waals surface area contributed by atoms with Gasteiger partial charge in [-0.05, 0) is 40.9 Å². The largest absolute Gasteiger partial charge is 0.371 e. The van der Waals surface area contributed by atoms with Crippen LogP contribution in [0.15, 0.2) is 4.60 Å². The van der Waals surface area contributed by atoms with Gasteiger partial charge >= 0.3 is 0 Å². The van der Waals surface area contributed by atoms with Gasteiger partial charge in [-0.1, -0.05) is 5.21 Å². The molecule has 0 spiro atoms. The number of aryl methyl sites for hydroxylation is 1. The number of nitrogens with zero attached hydrogens (tertiary/aromatic N) is 5. The summed E-state index contributed by atoms with van der Waals surface area (Å²) in [5, 5.41) is 19.3. The second kappa shape index (κ2) is 4.40. The molecule has 2 aromatic rings. The molecule has 0 aliphatic carbocycles. The van der Waals surface area contributed by atoms with E-state index in [0.29, 0.717) is 4.60 Å². The van der Waals surface area contributed by atoms with Gasteiger partial charge in [-0.15, -0.1) is 15.3 Å². The Balaban J connectivity index is 2.66. The molecule has 0 bridgehead atoms. The lowest BCUT2D eigenvalue weighted by molar-refractivity contribution is 0.717. The highest BCUT2D eigenvalue weighted by Gasteiger charge is 2.17. The van der Waals surface area contributed by atoms with E-state index in [4.69, 9.17) is 0 Å². The second-order valence-electron chi connectivity index (χ2n) is 3.75. The molecule has 0 amide bonds. The van der Waals surface area contributed by atoms with Crippen molar-refractivity contribution in [2.45, 2.75) is 13.8 Å². The number of hydrogen-bond donors (Lipinski definition) is 1. The summed E-state index contributed by atoms with van der Waals surface area (Å²) < 4.78 is 2.36. The summed E-state index contributed by atoms with van der Waals surface area (Å²) >= 11 is 3.37. The first-order valence-electron chi connectivity index (χ1n) is 5.13. The topological polar surface area (TPSA) is 68.5 Å².